The van der Waals surface area contributed by atoms with Gasteiger partial charge in [0.2, 0.25) is 5.91 Å². The van der Waals surface area contributed by atoms with E-state index in [-0.39, 0.29) is 18.4 Å². The van der Waals surface area contributed by atoms with Crippen LogP contribution < -0.4 is 10.6 Å². The number of amides is 1. The van der Waals surface area contributed by atoms with E-state index in [9.17, 15) is 9.59 Å². The lowest BCUT2D eigenvalue weighted by molar-refractivity contribution is -0.136. The van der Waals surface area contributed by atoms with Crippen LogP contribution in [-0.2, 0) is 22.6 Å². The van der Waals surface area contributed by atoms with E-state index in [1.54, 1.807) is 7.05 Å². The first-order chi connectivity index (χ1) is 10.1. The van der Waals surface area contributed by atoms with E-state index in [4.69, 9.17) is 5.11 Å². The zero-order valence-electron chi connectivity index (χ0n) is 12.1. The van der Waals surface area contributed by atoms with E-state index in [0.29, 0.717) is 13.1 Å². The zero-order valence-corrected chi connectivity index (χ0v) is 12.1. The lowest BCUT2D eigenvalue weighted by Crippen LogP contribution is -2.56. The summed E-state index contributed by atoms with van der Waals surface area (Å²) in [5.41, 5.74) is 1.77. The molecule has 0 aromatic heterocycles. The number of rotatable bonds is 5. The Bertz CT molecular complexity index is 519. The number of hydrogen-bond donors (Lipinski definition) is 3. The third-order valence-electron chi connectivity index (χ3n) is 3.74. The average molecular weight is 291 g/mol. The normalized spacial score (nSPS) is 19.2. The fraction of sp³-hybridized carbons (Fsp3) is 0.467. The van der Waals surface area contributed by atoms with Gasteiger partial charge in [0.15, 0.2) is 0 Å². The van der Waals surface area contributed by atoms with E-state index >= 15 is 0 Å². The molecule has 0 radical (unpaired) electrons. The molecule has 1 aromatic carbocycles. The van der Waals surface area contributed by atoms with Crippen molar-refractivity contribution in [3.8, 4) is 0 Å². The lowest BCUT2D eigenvalue weighted by Gasteiger charge is -2.35. The van der Waals surface area contributed by atoms with Gasteiger partial charge in [-0.3, -0.25) is 14.5 Å². The second kappa shape index (κ2) is 7.19. The molecule has 0 spiro atoms. The molecule has 1 aliphatic rings. The first kappa shape index (κ1) is 15.5. The molecule has 1 aliphatic heterocycles. The molecule has 1 heterocycles. The number of hydrogen-bond acceptors (Lipinski definition) is 4. The summed E-state index contributed by atoms with van der Waals surface area (Å²) in [6.07, 6.45) is 0.00685. The lowest BCUT2D eigenvalue weighted by atomic mass is 10.0. The van der Waals surface area contributed by atoms with Crippen LogP contribution in [0.3, 0.4) is 0 Å². The number of piperazine rings is 1. The molecule has 1 amide bonds. The van der Waals surface area contributed by atoms with Crippen molar-refractivity contribution in [2.75, 3.05) is 26.7 Å². The Balaban J connectivity index is 2.15. The maximum absolute atomic E-state index is 11.9. The standard InChI is InChI=1S/C15H21N3O3/c1-16-15(21)13-9-17-6-7-18(13)10-12-5-3-2-4-11(12)8-14(19)20/h2-5,13,17H,6-10H2,1H3,(H,16,21)(H,19,20). The molecular formula is C15H21N3O3. The van der Waals surface area contributed by atoms with Crippen LogP contribution in [0.4, 0.5) is 0 Å². The Morgan fingerprint density at radius 2 is 2.10 bits per heavy atom. The smallest absolute Gasteiger partial charge is 0.307 e. The van der Waals surface area contributed by atoms with Gasteiger partial charge in [0.05, 0.1) is 6.42 Å². The highest BCUT2D eigenvalue weighted by Crippen LogP contribution is 2.15. The first-order valence-corrected chi connectivity index (χ1v) is 7.06. The van der Waals surface area contributed by atoms with Gasteiger partial charge in [-0.05, 0) is 11.1 Å². The van der Waals surface area contributed by atoms with Crippen molar-refractivity contribution in [2.24, 2.45) is 0 Å². The minimum absolute atomic E-state index is 0.00685. The third kappa shape index (κ3) is 4.03. The number of nitrogens with one attached hydrogen (secondary N) is 2. The monoisotopic (exact) mass is 291 g/mol. The fourth-order valence-electron chi connectivity index (χ4n) is 2.63. The predicted molar refractivity (Wildman–Crippen MR) is 78.9 cm³/mol. The van der Waals surface area contributed by atoms with E-state index in [0.717, 1.165) is 24.2 Å². The number of nitrogens with zero attached hydrogens (tertiary/aromatic N) is 1. The van der Waals surface area contributed by atoms with E-state index in [2.05, 4.69) is 15.5 Å². The minimum atomic E-state index is -0.842. The van der Waals surface area contributed by atoms with Gasteiger partial charge >= 0.3 is 5.97 Å². The third-order valence-corrected chi connectivity index (χ3v) is 3.74. The second-order valence-corrected chi connectivity index (χ2v) is 5.14. The van der Waals surface area contributed by atoms with Gasteiger partial charge in [-0.25, -0.2) is 0 Å². The van der Waals surface area contributed by atoms with Crippen LogP contribution >= 0.6 is 0 Å². The molecule has 3 N–H and O–H groups in total. The van der Waals surface area contributed by atoms with Crippen molar-refractivity contribution in [1.82, 2.24) is 15.5 Å². The molecule has 1 fully saturated rings. The highest BCUT2D eigenvalue weighted by molar-refractivity contribution is 5.81. The molecule has 1 unspecified atom stereocenters. The van der Waals surface area contributed by atoms with Gasteiger partial charge < -0.3 is 15.7 Å². The molecule has 6 heteroatoms. The van der Waals surface area contributed by atoms with Crippen LogP contribution in [0.25, 0.3) is 0 Å². The summed E-state index contributed by atoms with van der Waals surface area (Å²) in [6.45, 7) is 2.79. The average Bonchev–Trinajstić information content (AvgIpc) is 2.48. The maximum Gasteiger partial charge on any atom is 0.307 e. The second-order valence-electron chi connectivity index (χ2n) is 5.14. The van der Waals surface area contributed by atoms with Crippen LogP contribution in [0.1, 0.15) is 11.1 Å². The van der Waals surface area contributed by atoms with Crippen molar-refractivity contribution in [2.45, 2.75) is 19.0 Å². The summed E-state index contributed by atoms with van der Waals surface area (Å²) in [5.74, 6) is -0.858. The molecule has 6 nitrogen and oxygen atoms in total. The number of carbonyl (C=O) groups is 2. The quantitative estimate of drug-likeness (QED) is 0.702. The number of carboxylic acids is 1. The zero-order chi connectivity index (χ0) is 15.2. The Labute approximate surface area is 124 Å². The molecular weight excluding hydrogens is 270 g/mol. The predicted octanol–water partition coefficient (Wildman–Crippen LogP) is -0.166. The Morgan fingerprint density at radius 1 is 1.38 bits per heavy atom. The number of benzene rings is 1. The fourth-order valence-corrected chi connectivity index (χ4v) is 2.63. The van der Waals surface area contributed by atoms with Crippen LogP contribution in [0.15, 0.2) is 24.3 Å². The van der Waals surface area contributed by atoms with Gasteiger partial charge in [-0.15, -0.1) is 0 Å². The topological polar surface area (TPSA) is 81.7 Å². The summed E-state index contributed by atoms with van der Waals surface area (Å²) < 4.78 is 0. The largest absolute Gasteiger partial charge is 0.481 e. The van der Waals surface area contributed by atoms with E-state index in [1.165, 1.54) is 0 Å². The summed E-state index contributed by atoms with van der Waals surface area (Å²) in [6, 6.07) is 7.29. The maximum atomic E-state index is 11.9. The molecule has 1 saturated heterocycles. The van der Waals surface area contributed by atoms with Crippen molar-refractivity contribution in [1.29, 1.82) is 0 Å². The summed E-state index contributed by atoms with van der Waals surface area (Å²) in [4.78, 5) is 25.0. The highest BCUT2D eigenvalue weighted by atomic mass is 16.4. The minimum Gasteiger partial charge on any atom is -0.481 e. The SMILES string of the molecule is CNC(=O)C1CNCCN1Cc1ccccc1CC(=O)O. The van der Waals surface area contributed by atoms with Gasteiger partial charge in [0, 0.05) is 33.2 Å². The van der Waals surface area contributed by atoms with Crippen LogP contribution in [-0.4, -0.2) is 54.6 Å². The molecule has 1 atom stereocenters. The van der Waals surface area contributed by atoms with E-state index in [1.807, 2.05) is 24.3 Å². The molecule has 0 aliphatic carbocycles. The molecule has 1 aromatic rings. The molecule has 114 valence electrons. The van der Waals surface area contributed by atoms with Crippen molar-refractivity contribution in [3.05, 3.63) is 35.4 Å². The first-order valence-electron chi connectivity index (χ1n) is 7.06. The molecule has 0 bridgehead atoms. The Kier molecular flexibility index (Phi) is 5.30. The molecule has 2 rings (SSSR count). The van der Waals surface area contributed by atoms with Gasteiger partial charge in [0.1, 0.15) is 6.04 Å². The number of aliphatic carboxylic acids is 1. The Hall–Kier alpha value is -1.92. The Morgan fingerprint density at radius 3 is 2.76 bits per heavy atom. The number of carbonyl (C=O) groups excluding carboxylic acids is 1. The summed E-state index contributed by atoms with van der Waals surface area (Å²) in [7, 11) is 1.63. The van der Waals surface area contributed by atoms with Crippen LogP contribution in [0, 0.1) is 0 Å². The summed E-state index contributed by atoms with van der Waals surface area (Å²) in [5, 5.41) is 14.9. The molecule has 0 saturated carbocycles. The number of likely N-dealkylation sites (N-methyl/N-ethyl adjacent to an activating group) is 1. The highest BCUT2D eigenvalue weighted by Gasteiger charge is 2.28. The molecule has 21 heavy (non-hydrogen) atoms. The summed E-state index contributed by atoms with van der Waals surface area (Å²) >= 11 is 0. The van der Waals surface area contributed by atoms with Crippen LogP contribution in [0.2, 0.25) is 0 Å². The van der Waals surface area contributed by atoms with Crippen LogP contribution in [0.5, 0.6) is 0 Å². The van der Waals surface area contributed by atoms with Gasteiger partial charge in [-0.1, -0.05) is 24.3 Å². The van der Waals surface area contributed by atoms with E-state index < -0.39 is 5.97 Å². The van der Waals surface area contributed by atoms with Gasteiger partial charge in [0.25, 0.3) is 0 Å². The number of carboxylic acid groups (broad SMARTS) is 1. The van der Waals surface area contributed by atoms with Crippen molar-refractivity contribution < 1.29 is 14.7 Å². The van der Waals surface area contributed by atoms with Crippen molar-refractivity contribution >= 4 is 11.9 Å². The van der Waals surface area contributed by atoms with Crippen molar-refractivity contribution in [3.63, 3.8) is 0 Å². The van der Waals surface area contributed by atoms with Gasteiger partial charge in [-0.2, -0.15) is 0 Å².